The molecule has 98 valence electrons. The van der Waals surface area contributed by atoms with Crippen molar-refractivity contribution in [3.05, 3.63) is 51.3 Å². The lowest BCUT2D eigenvalue weighted by molar-refractivity contribution is 0.672. The molecule has 19 heavy (non-hydrogen) atoms. The van der Waals surface area contributed by atoms with Crippen LogP contribution in [0.1, 0.15) is 16.4 Å². The molecule has 0 aliphatic rings. The first-order valence-electron chi connectivity index (χ1n) is 5.95. The van der Waals surface area contributed by atoms with Crippen LogP contribution in [0.5, 0.6) is 0 Å². The Morgan fingerprint density at radius 3 is 2.84 bits per heavy atom. The molecular weight excluding hydrogens is 280 g/mol. The number of pyridine rings is 1. The standard InChI is InChI=1S/C13H13ClN4S/c1-9-16-12(8-19-9)5-15-4-11-7-18-6-10(14)2-3-13(18)17-11/h2-3,6-8,15H,4-5H2,1H3. The van der Waals surface area contributed by atoms with Crippen LogP contribution in [-0.4, -0.2) is 14.4 Å². The van der Waals surface area contributed by atoms with E-state index in [0.29, 0.717) is 5.02 Å². The predicted octanol–water partition coefficient (Wildman–Crippen LogP) is 3.04. The topological polar surface area (TPSA) is 42.2 Å². The molecule has 0 saturated carbocycles. The number of fused-ring (bicyclic) bond motifs is 1. The first kappa shape index (κ1) is 12.6. The van der Waals surface area contributed by atoms with Gasteiger partial charge in [-0.15, -0.1) is 11.3 Å². The number of rotatable bonds is 4. The van der Waals surface area contributed by atoms with E-state index in [1.165, 1.54) is 0 Å². The van der Waals surface area contributed by atoms with Crippen LogP contribution in [-0.2, 0) is 13.1 Å². The second-order valence-corrected chi connectivity index (χ2v) is 5.81. The Kier molecular flexibility index (Phi) is 3.50. The molecule has 6 heteroatoms. The van der Waals surface area contributed by atoms with Crippen molar-refractivity contribution < 1.29 is 0 Å². The molecule has 3 rings (SSSR count). The fourth-order valence-corrected chi connectivity index (χ4v) is 2.69. The van der Waals surface area contributed by atoms with Crippen LogP contribution in [0.3, 0.4) is 0 Å². The summed E-state index contributed by atoms with van der Waals surface area (Å²) in [5.74, 6) is 0. The van der Waals surface area contributed by atoms with Crippen molar-refractivity contribution >= 4 is 28.6 Å². The van der Waals surface area contributed by atoms with E-state index in [2.05, 4.69) is 20.7 Å². The third kappa shape index (κ3) is 2.94. The molecule has 0 fully saturated rings. The summed E-state index contributed by atoms with van der Waals surface area (Å²) in [5.41, 5.74) is 2.98. The number of hydrogen-bond donors (Lipinski definition) is 1. The summed E-state index contributed by atoms with van der Waals surface area (Å²) >= 11 is 7.61. The van der Waals surface area contributed by atoms with E-state index in [0.717, 1.165) is 35.1 Å². The number of thiazole rings is 1. The maximum Gasteiger partial charge on any atom is 0.137 e. The Bertz CT molecular complexity index is 704. The average molecular weight is 293 g/mol. The molecule has 0 bridgehead atoms. The number of halogens is 1. The van der Waals surface area contributed by atoms with Crippen molar-refractivity contribution in [2.24, 2.45) is 0 Å². The van der Waals surface area contributed by atoms with Crippen molar-refractivity contribution in [1.29, 1.82) is 0 Å². The third-order valence-corrected chi connectivity index (χ3v) is 3.79. The van der Waals surface area contributed by atoms with E-state index in [1.54, 1.807) is 11.3 Å². The number of hydrogen-bond acceptors (Lipinski definition) is 4. The van der Waals surface area contributed by atoms with Crippen LogP contribution >= 0.6 is 22.9 Å². The lowest BCUT2D eigenvalue weighted by Gasteiger charge is -1.98. The molecule has 0 amide bonds. The number of nitrogens with one attached hydrogen (secondary N) is 1. The highest BCUT2D eigenvalue weighted by molar-refractivity contribution is 7.09. The van der Waals surface area contributed by atoms with Crippen molar-refractivity contribution in [3.8, 4) is 0 Å². The Morgan fingerprint density at radius 1 is 1.21 bits per heavy atom. The molecule has 3 aromatic heterocycles. The summed E-state index contributed by atoms with van der Waals surface area (Å²) < 4.78 is 1.94. The average Bonchev–Trinajstić information content (AvgIpc) is 2.95. The van der Waals surface area contributed by atoms with Gasteiger partial charge in [0.2, 0.25) is 0 Å². The minimum Gasteiger partial charge on any atom is -0.305 e. The van der Waals surface area contributed by atoms with Gasteiger partial charge in [0.25, 0.3) is 0 Å². The molecule has 0 aliphatic carbocycles. The van der Waals surface area contributed by atoms with Crippen LogP contribution in [0, 0.1) is 6.92 Å². The van der Waals surface area contributed by atoms with Gasteiger partial charge in [-0.1, -0.05) is 11.6 Å². The largest absolute Gasteiger partial charge is 0.305 e. The quantitative estimate of drug-likeness (QED) is 0.804. The molecular formula is C13H13ClN4S. The summed E-state index contributed by atoms with van der Waals surface area (Å²) in [6, 6.07) is 3.76. The third-order valence-electron chi connectivity index (χ3n) is 2.74. The zero-order valence-corrected chi connectivity index (χ0v) is 12.0. The number of aryl methyl sites for hydroxylation is 1. The molecule has 0 unspecified atom stereocenters. The summed E-state index contributed by atoms with van der Waals surface area (Å²) in [4.78, 5) is 8.92. The van der Waals surface area contributed by atoms with Gasteiger partial charge in [-0.25, -0.2) is 9.97 Å². The maximum absolute atomic E-state index is 5.94. The molecule has 3 aromatic rings. The van der Waals surface area contributed by atoms with Crippen molar-refractivity contribution in [3.63, 3.8) is 0 Å². The molecule has 1 N–H and O–H groups in total. The van der Waals surface area contributed by atoms with Gasteiger partial charge in [0.05, 0.1) is 21.4 Å². The van der Waals surface area contributed by atoms with Gasteiger partial charge in [0, 0.05) is 30.9 Å². The number of nitrogens with zero attached hydrogens (tertiary/aromatic N) is 3. The summed E-state index contributed by atoms with van der Waals surface area (Å²) in [6.45, 7) is 3.49. The molecule has 0 aromatic carbocycles. The van der Waals surface area contributed by atoms with Gasteiger partial charge in [-0.3, -0.25) is 0 Å². The second-order valence-electron chi connectivity index (χ2n) is 4.31. The first-order valence-corrected chi connectivity index (χ1v) is 7.21. The molecule has 0 atom stereocenters. The van der Waals surface area contributed by atoms with E-state index < -0.39 is 0 Å². The summed E-state index contributed by atoms with van der Waals surface area (Å²) in [6.07, 6.45) is 3.84. The highest BCUT2D eigenvalue weighted by Gasteiger charge is 2.03. The summed E-state index contributed by atoms with van der Waals surface area (Å²) in [7, 11) is 0. The number of aromatic nitrogens is 3. The zero-order valence-electron chi connectivity index (χ0n) is 10.4. The first-order chi connectivity index (χ1) is 9.20. The molecule has 0 spiro atoms. The van der Waals surface area contributed by atoms with E-state index >= 15 is 0 Å². The fraction of sp³-hybridized carbons (Fsp3) is 0.231. The molecule has 0 radical (unpaired) electrons. The van der Waals surface area contributed by atoms with E-state index in [-0.39, 0.29) is 0 Å². The highest BCUT2D eigenvalue weighted by Crippen LogP contribution is 2.12. The molecule has 0 saturated heterocycles. The molecule has 4 nitrogen and oxygen atoms in total. The zero-order chi connectivity index (χ0) is 13.2. The molecule has 0 aliphatic heterocycles. The predicted molar refractivity (Wildman–Crippen MR) is 77.6 cm³/mol. The Labute approximate surface area is 120 Å². The maximum atomic E-state index is 5.94. The normalized spacial score (nSPS) is 11.3. The van der Waals surface area contributed by atoms with Gasteiger partial charge in [-0.05, 0) is 19.1 Å². The van der Waals surface area contributed by atoms with E-state index in [4.69, 9.17) is 11.6 Å². The number of imidazole rings is 1. The second kappa shape index (κ2) is 5.28. The van der Waals surface area contributed by atoms with Crippen LogP contribution in [0.2, 0.25) is 5.02 Å². The van der Waals surface area contributed by atoms with Crippen molar-refractivity contribution in [2.45, 2.75) is 20.0 Å². The molecule has 3 heterocycles. The highest BCUT2D eigenvalue weighted by atomic mass is 35.5. The Hall–Kier alpha value is -1.43. The van der Waals surface area contributed by atoms with Crippen molar-refractivity contribution in [2.75, 3.05) is 0 Å². The SMILES string of the molecule is Cc1nc(CNCc2cn3cc(Cl)ccc3n2)cs1. The minimum atomic E-state index is 0.711. The Morgan fingerprint density at radius 2 is 2.05 bits per heavy atom. The van der Waals surface area contributed by atoms with Crippen molar-refractivity contribution in [1.82, 2.24) is 19.7 Å². The van der Waals surface area contributed by atoms with Crippen LogP contribution in [0.4, 0.5) is 0 Å². The van der Waals surface area contributed by atoms with Gasteiger partial charge in [-0.2, -0.15) is 0 Å². The van der Waals surface area contributed by atoms with E-state index in [1.807, 2.05) is 35.9 Å². The van der Waals surface area contributed by atoms with Gasteiger partial charge in [0.15, 0.2) is 0 Å². The lowest BCUT2D eigenvalue weighted by atomic mass is 10.4. The Balaban J connectivity index is 1.65. The fourth-order valence-electron chi connectivity index (χ4n) is 1.91. The minimum absolute atomic E-state index is 0.711. The van der Waals surface area contributed by atoms with Crippen LogP contribution in [0.15, 0.2) is 29.9 Å². The van der Waals surface area contributed by atoms with Gasteiger partial charge >= 0.3 is 0 Å². The van der Waals surface area contributed by atoms with Crippen LogP contribution in [0.25, 0.3) is 5.65 Å². The monoisotopic (exact) mass is 292 g/mol. The smallest absolute Gasteiger partial charge is 0.137 e. The van der Waals surface area contributed by atoms with Crippen LogP contribution < -0.4 is 5.32 Å². The van der Waals surface area contributed by atoms with Gasteiger partial charge < -0.3 is 9.72 Å². The lowest BCUT2D eigenvalue weighted by Crippen LogP contribution is -2.13. The summed E-state index contributed by atoms with van der Waals surface area (Å²) in [5, 5.41) is 7.22. The van der Waals surface area contributed by atoms with Gasteiger partial charge in [0.1, 0.15) is 5.65 Å². The van der Waals surface area contributed by atoms with E-state index in [9.17, 15) is 0 Å².